The Morgan fingerprint density at radius 1 is 1.62 bits per heavy atom. The van der Waals surface area contributed by atoms with Gasteiger partial charge in [-0.3, -0.25) is 0 Å². The van der Waals surface area contributed by atoms with Gasteiger partial charge in [0.15, 0.2) is 0 Å². The molecule has 0 bridgehead atoms. The molecular formula is C10H10N2O. The third-order valence-electron chi connectivity index (χ3n) is 1.82. The molecule has 13 heavy (non-hydrogen) atoms. The van der Waals surface area contributed by atoms with E-state index in [0.717, 1.165) is 11.8 Å². The number of nitriles is 1. The summed E-state index contributed by atoms with van der Waals surface area (Å²) in [5.41, 5.74) is 1.39. The van der Waals surface area contributed by atoms with Crippen molar-refractivity contribution < 1.29 is 4.79 Å². The summed E-state index contributed by atoms with van der Waals surface area (Å²) in [7, 11) is 1.71. The molecule has 0 aliphatic rings. The minimum Gasteiger partial charge on any atom is -0.307 e. The summed E-state index contributed by atoms with van der Waals surface area (Å²) in [6.07, 6.45) is 0.816. The standard InChI is InChI=1S/C10H10N2O/c1-12-10(7-13)9-4-2-3-8(5-9)6-11/h2-5,7,10,12H,1H3. The first-order valence-electron chi connectivity index (χ1n) is 3.94. The van der Waals surface area contributed by atoms with Crippen molar-refractivity contribution in [3.63, 3.8) is 0 Å². The first-order valence-corrected chi connectivity index (χ1v) is 3.94. The fourth-order valence-electron chi connectivity index (χ4n) is 1.11. The van der Waals surface area contributed by atoms with Crippen LogP contribution in [0.1, 0.15) is 17.2 Å². The molecule has 0 spiro atoms. The lowest BCUT2D eigenvalue weighted by Crippen LogP contribution is -2.17. The summed E-state index contributed by atoms with van der Waals surface area (Å²) >= 11 is 0. The van der Waals surface area contributed by atoms with Crippen molar-refractivity contribution in [3.8, 4) is 6.07 Å². The van der Waals surface area contributed by atoms with E-state index in [9.17, 15) is 4.79 Å². The number of hydrogen-bond acceptors (Lipinski definition) is 3. The lowest BCUT2D eigenvalue weighted by atomic mass is 10.1. The average Bonchev–Trinajstić information content (AvgIpc) is 2.20. The molecular weight excluding hydrogens is 164 g/mol. The second-order valence-electron chi connectivity index (χ2n) is 2.64. The number of carbonyl (C=O) groups is 1. The highest BCUT2D eigenvalue weighted by Gasteiger charge is 2.06. The Bertz CT molecular complexity index is 341. The fourth-order valence-corrected chi connectivity index (χ4v) is 1.11. The van der Waals surface area contributed by atoms with Gasteiger partial charge < -0.3 is 10.1 Å². The molecule has 0 fully saturated rings. The molecule has 66 valence electrons. The van der Waals surface area contributed by atoms with Gasteiger partial charge in [-0.1, -0.05) is 12.1 Å². The van der Waals surface area contributed by atoms with Gasteiger partial charge in [0.1, 0.15) is 6.29 Å². The molecule has 1 N–H and O–H groups in total. The number of rotatable bonds is 3. The second kappa shape index (κ2) is 4.39. The lowest BCUT2D eigenvalue weighted by Gasteiger charge is -2.08. The van der Waals surface area contributed by atoms with E-state index in [2.05, 4.69) is 5.32 Å². The topological polar surface area (TPSA) is 52.9 Å². The fraction of sp³-hybridized carbons (Fsp3) is 0.200. The highest BCUT2D eigenvalue weighted by Crippen LogP contribution is 2.11. The van der Waals surface area contributed by atoms with Gasteiger partial charge in [-0.25, -0.2) is 0 Å². The number of carbonyl (C=O) groups excluding carboxylic acids is 1. The number of benzene rings is 1. The average molecular weight is 174 g/mol. The number of likely N-dealkylation sites (N-methyl/N-ethyl adjacent to an activating group) is 1. The highest BCUT2D eigenvalue weighted by atomic mass is 16.1. The van der Waals surface area contributed by atoms with Gasteiger partial charge in [0, 0.05) is 0 Å². The van der Waals surface area contributed by atoms with E-state index in [1.807, 2.05) is 12.1 Å². The Morgan fingerprint density at radius 2 is 2.38 bits per heavy atom. The van der Waals surface area contributed by atoms with Crippen molar-refractivity contribution in [3.05, 3.63) is 35.4 Å². The third-order valence-corrected chi connectivity index (χ3v) is 1.82. The smallest absolute Gasteiger partial charge is 0.141 e. The van der Waals surface area contributed by atoms with Crippen LogP contribution in [0.2, 0.25) is 0 Å². The maximum atomic E-state index is 10.6. The molecule has 1 atom stereocenters. The van der Waals surface area contributed by atoms with Crippen LogP contribution in [0.15, 0.2) is 24.3 Å². The molecule has 0 saturated carbocycles. The summed E-state index contributed by atoms with van der Waals surface area (Å²) in [6, 6.07) is 8.70. The zero-order valence-corrected chi connectivity index (χ0v) is 7.32. The first-order chi connectivity index (χ1) is 6.31. The quantitative estimate of drug-likeness (QED) is 0.696. The minimum absolute atomic E-state index is 0.326. The molecule has 1 aromatic rings. The molecule has 0 aliphatic carbocycles. The van der Waals surface area contributed by atoms with E-state index in [0.29, 0.717) is 5.56 Å². The summed E-state index contributed by atoms with van der Waals surface area (Å²) in [5, 5.41) is 11.5. The molecule has 0 aliphatic heterocycles. The SMILES string of the molecule is CNC(C=O)c1cccc(C#N)c1. The summed E-state index contributed by atoms with van der Waals surface area (Å²) in [5.74, 6) is 0. The van der Waals surface area contributed by atoms with E-state index in [1.54, 1.807) is 25.2 Å². The van der Waals surface area contributed by atoms with E-state index in [4.69, 9.17) is 5.26 Å². The minimum atomic E-state index is -0.326. The van der Waals surface area contributed by atoms with Crippen LogP contribution >= 0.6 is 0 Å². The predicted octanol–water partition coefficient (Wildman–Crippen LogP) is 1.02. The van der Waals surface area contributed by atoms with Crippen molar-refractivity contribution in [2.24, 2.45) is 0 Å². The number of nitrogens with one attached hydrogen (secondary N) is 1. The van der Waals surface area contributed by atoms with Gasteiger partial charge in [-0.2, -0.15) is 5.26 Å². The van der Waals surface area contributed by atoms with Gasteiger partial charge in [0.05, 0.1) is 17.7 Å². The second-order valence-corrected chi connectivity index (χ2v) is 2.64. The summed E-state index contributed by atoms with van der Waals surface area (Å²) < 4.78 is 0. The number of hydrogen-bond donors (Lipinski definition) is 1. The van der Waals surface area contributed by atoms with Crippen molar-refractivity contribution in [2.75, 3.05) is 7.05 Å². The van der Waals surface area contributed by atoms with E-state index in [1.165, 1.54) is 0 Å². The van der Waals surface area contributed by atoms with Crippen molar-refractivity contribution in [1.29, 1.82) is 5.26 Å². The lowest BCUT2D eigenvalue weighted by molar-refractivity contribution is -0.109. The molecule has 0 amide bonds. The van der Waals surface area contributed by atoms with E-state index < -0.39 is 0 Å². The molecule has 0 heterocycles. The molecule has 1 rings (SSSR count). The van der Waals surface area contributed by atoms with Crippen LogP contribution in [0.4, 0.5) is 0 Å². The Balaban J connectivity index is 3.01. The Morgan fingerprint density at radius 3 is 2.92 bits per heavy atom. The van der Waals surface area contributed by atoms with Crippen LogP contribution in [0.5, 0.6) is 0 Å². The maximum Gasteiger partial charge on any atom is 0.141 e. The number of nitrogens with zero attached hydrogens (tertiary/aromatic N) is 1. The molecule has 0 radical (unpaired) electrons. The summed E-state index contributed by atoms with van der Waals surface area (Å²) in [4.78, 5) is 10.6. The third kappa shape index (κ3) is 2.14. The van der Waals surface area contributed by atoms with Crippen LogP contribution in [0, 0.1) is 11.3 Å². The van der Waals surface area contributed by atoms with Gasteiger partial charge in [-0.05, 0) is 24.7 Å². The van der Waals surface area contributed by atoms with E-state index >= 15 is 0 Å². The molecule has 1 aromatic carbocycles. The highest BCUT2D eigenvalue weighted by molar-refractivity contribution is 5.61. The predicted molar refractivity (Wildman–Crippen MR) is 49.0 cm³/mol. The first kappa shape index (κ1) is 9.43. The normalized spacial score (nSPS) is 11.7. The molecule has 0 saturated heterocycles. The maximum absolute atomic E-state index is 10.6. The van der Waals surface area contributed by atoms with E-state index in [-0.39, 0.29) is 6.04 Å². The molecule has 1 unspecified atom stereocenters. The van der Waals surface area contributed by atoms with Crippen LogP contribution in [-0.2, 0) is 4.79 Å². The van der Waals surface area contributed by atoms with Crippen molar-refractivity contribution >= 4 is 6.29 Å². The Labute approximate surface area is 77.0 Å². The number of aldehydes is 1. The van der Waals surface area contributed by atoms with Crippen LogP contribution < -0.4 is 5.32 Å². The van der Waals surface area contributed by atoms with Gasteiger partial charge in [0.2, 0.25) is 0 Å². The largest absolute Gasteiger partial charge is 0.307 e. The summed E-state index contributed by atoms with van der Waals surface area (Å²) in [6.45, 7) is 0. The zero-order chi connectivity index (χ0) is 9.68. The van der Waals surface area contributed by atoms with Crippen LogP contribution in [-0.4, -0.2) is 13.3 Å². The zero-order valence-electron chi connectivity index (χ0n) is 7.32. The van der Waals surface area contributed by atoms with Gasteiger partial charge in [-0.15, -0.1) is 0 Å². The van der Waals surface area contributed by atoms with Crippen LogP contribution in [0.25, 0.3) is 0 Å². The Kier molecular flexibility index (Phi) is 3.18. The van der Waals surface area contributed by atoms with Crippen molar-refractivity contribution in [2.45, 2.75) is 6.04 Å². The van der Waals surface area contributed by atoms with Gasteiger partial charge >= 0.3 is 0 Å². The molecule has 0 aromatic heterocycles. The monoisotopic (exact) mass is 174 g/mol. The van der Waals surface area contributed by atoms with Gasteiger partial charge in [0.25, 0.3) is 0 Å². The molecule has 3 heteroatoms. The molecule has 3 nitrogen and oxygen atoms in total. The Hall–Kier alpha value is -1.66. The van der Waals surface area contributed by atoms with Crippen molar-refractivity contribution in [1.82, 2.24) is 5.32 Å². The van der Waals surface area contributed by atoms with Crippen LogP contribution in [0.3, 0.4) is 0 Å².